The Balaban J connectivity index is 1.60. The summed E-state index contributed by atoms with van der Waals surface area (Å²) in [6, 6.07) is 7.33. The smallest absolute Gasteiger partial charge is 0.319 e. The van der Waals surface area contributed by atoms with E-state index in [9.17, 15) is 4.79 Å². The van der Waals surface area contributed by atoms with Gasteiger partial charge >= 0.3 is 6.03 Å². The van der Waals surface area contributed by atoms with E-state index in [2.05, 4.69) is 25.7 Å². The lowest BCUT2D eigenvalue weighted by Gasteiger charge is -2.14. The first-order valence-corrected chi connectivity index (χ1v) is 8.40. The summed E-state index contributed by atoms with van der Waals surface area (Å²) < 4.78 is 1.68. The van der Waals surface area contributed by atoms with Crippen LogP contribution in [0.5, 0.6) is 0 Å². The van der Waals surface area contributed by atoms with Crippen LogP contribution in [0.2, 0.25) is 0 Å². The summed E-state index contributed by atoms with van der Waals surface area (Å²) in [7, 11) is 0. The fourth-order valence-corrected chi connectivity index (χ4v) is 3.06. The van der Waals surface area contributed by atoms with Crippen molar-refractivity contribution in [3.63, 3.8) is 0 Å². The molecule has 1 atom stereocenters. The van der Waals surface area contributed by atoms with Crippen LogP contribution in [0.3, 0.4) is 0 Å². The van der Waals surface area contributed by atoms with Crippen LogP contribution in [0.25, 0.3) is 10.6 Å². The summed E-state index contributed by atoms with van der Waals surface area (Å²) in [6.07, 6.45) is 3.09. The SMILES string of the molecule is Cc1csc(-c2cccc(NC(=O)N[C@@H](C)Cn3cncn3)c2)n1. The van der Waals surface area contributed by atoms with Crippen molar-refractivity contribution in [2.45, 2.75) is 26.4 Å². The van der Waals surface area contributed by atoms with E-state index in [4.69, 9.17) is 0 Å². The number of rotatable bonds is 5. The van der Waals surface area contributed by atoms with Gasteiger partial charge in [0, 0.05) is 28.4 Å². The lowest BCUT2D eigenvalue weighted by molar-refractivity contribution is 0.247. The van der Waals surface area contributed by atoms with Gasteiger partial charge in [0.1, 0.15) is 17.7 Å². The molecule has 124 valence electrons. The zero-order valence-corrected chi connectivity index (χ0v) is 14.2. The van der Waals surface area contributed by atoms with Gasteiger partial charge in [0.2, 0.25) is 0 Å². The maximum atomic E-state index is 12.1. The molecule has 0 aliphatic carbocycles. The maximum Gasteiger partial charge on any atom is 0.319 e. The summed E-state index contributed by atoms with van der Waals surface area (Å²) in [4.78, 5) is 20.5. The molecule has 2 aromatic heterocycles. The van der Waals surface area contributed by atoms with Crippen LogP contribution in [0, 0.1) is 6.92 Å². The normalized spacial score (nSPS) is 11.9. The number of carbonyl (C=O) groups is 1. The van der Waals surface area contributed by atoms with Crippen molar-refractivity contribution in [2.75, 3.05) is 5.32 Å². The zero-order valence-electron chi connectivity index (χ0n) is 13.4. The van der Waals surface area contributed by atoms with Crippen molar-refractivity contribution in [2.24, 2.45) is 0 Å². The Hall–Kier alpha value is -2.74. The van der Waals surface area contributed by atoms with Crippen LogP contribution in [0.4, 0.5) is 10.5 Å². The Morgan fingerprint density at radius 1 is 1.42 bits per heavy atom. The van der Waals surface area contributed by atoms with E-state index < -0.39 is 0 Å². The van der Waals surface area contributed by atoms with E-state index in [1.54, 1.807) is 22.3 Å². The largest absolute Gasteiger partial charge is 0.334 e. The predicted octanol–water partition coefficient (Wildman–Crippen LogP) is 2.92. The molecule has 1 aromatic carbocycles. The highest BCUT2D eigenvalue weighted by Crippen LogP contribution is 2.25. The monoisotopic (exact) mass is 342 g/mol. The first-order valence-electron chi connectivity index (χ1n) is 7.52. The van der Waals surface area contributed by atoms with Gasteiger partial charge in [-0.15, -0.1) is 11.3 Å². The molecule has 0 saturated heterocycles. The molecule has 24 heavy (non-hydrogen) atoms. The van der Waals surface area contributed by atoms with Gasteiger partial charge in [-0.05, 0) is 26.0 Å². The molecule has 0 aliphatic rings. The summed E-state index contributed by atoms with van der Waals surface area (Å²) in [6.45, 7) is 4.44. The highest BCUT2D eigenvalue weighted by Gasteiger charge is 2.09. The first-order chi connectivity index (χ1) is 11.6. The topological polar surface area (TPSA) is 84.7 Å². The molecule has 0 fully saturated rings. The average Bonchev–Trinajstić information content (AvgIpc) is 3.19. The van der Waals surface area contributed by atoms with Crippen LogP contribution in [-0.4, -0.2) is 31.8 Å². The summed E-state index contributed by atoms with van der Waals surface area (Å²) in [5.74, 6) is 0. The molecule has 0 radical (unpaired) electrons. The predicted molar refractivity (Wildman–Crippen MR) is 93.9 cm³/mol. The van der Waals surface area contributed by atoms with E-state index in [1.807, 2.05) is 43.5 Å². The Morgan fingerprint density at radius 3 is 3.00 bits per heavy atom. The van der Waals surface area contributed by atoms with E-state index in [0.717, 1.165) is 22.0 Å². The van der Waals surface area contributed by atoms with Crippen LogP contribution in [0.15, 0.2) is 42.3 Å². The minimum absolute atomic E-state index is 0.0727. The number of hydrogen-bond acceptors (Lipinski definition) is 5. The number of nitrogens with one attached hydrogen (secondary N) is 2. The lowest BCUT2D eigenvalue weighted by atomic mass is 10.2. The van der Waals surface area contributed by atoms with Gasteiger partial charge in [0.15, 0.2) is 0 Å². The second-order valence-electron chi connectivity index (χ2n) is 5.49. The molecule has 7 nitrogen and oxygen atoms in total. The van der Waals surface area contributed by atoms with Gasteiger partial charge < -0.3 is 10.6 Å². The molecule has 0 bridgehead atoms. The van der Waals surface area contributed by atoms with Crippen LogP contribution >= 0.6 is 11.3 Å². The molecule has 2 N–H and O–H groups in total. The summed E-state index contributed by atoms with van der Waals surface area (Å²) in [5.41, 5.74) is 2.71. The number of anilines is 1. The molecule has 8 heteroatoms. The Morgan fingerprint density at radius 2 is 2.29 bits per heavy atom. The van der Waals surface area contributed by atoms with Gasteiger partial charge in [-0.2, -0.15) is 5.10 Å². The zero-order chi connectivity index (χ0) is 16.9. The van der Waals surface area contributed by atoms with Crippen molar-refractivity contribution < 1.29 is 4.79 Å². The fourth-order valence-electron chi connectivity index (χ4n) is 2.26. The second-order valence-corrected chi connectivity index (χ2v) is 6.35. The fraction of sp³-hybridized carbons (Fsp3) is 0.250. The van der Waals surface area contributed by atoms with Crippen molar-refractivity contribution in [3.05, 3.63) is 48.0 Å². The van der Waals surface area contributed by atoms with E-state index in [0.29, 0.717) is 6.54 Å². The van der Waals surface area contributed by atoms with Gasteiger partial charge in [-0.25, -0.2) is 14.8 Å². The number of thiazole rings is 1. The molecule has 0 unspecified atom stereocenters. The molecule has 2 amide bonds. The molecule has 3 aromatic rings. The third-order valence-corrected chi connectivity index (χ3v) is 4.30. The van der Waals surface area contributed by atoms with Crippen molar-refractivity contribution in [3.8, 4) is 10.6 Å². The summed E-state index contributed by atoms with van der Waals surface area (Å²) in [5, 5.41) is 12.7. The lowest BCUT2D eigenvalue weighted by Crippen LogP contribution is -2.38. The van der Waals surface area contributed by atoms with Crippen LogP contribution in [0.1, 0.15) is 12.6 Å². The number of hydrogen-bond donors (Lipinski definition) is 2. The van der Waals surface area contributed by atoms with Crippen molar-refractivity contribution in [1.29, 1.82) is 0 Å². The number of amides is 2. The molecule has 0 saturated carbocycles. The third-order valence-electron chi connectivity index (χ3n) is 3.29. The molecule has 2 heterocycles. The Bertz CT molecular complexity index is 814. The molecular formula is C16H18N6OS. The second kappa shape index (κ2) is 7.22. The number of urea groups is 1. The highest BCUT2D eigenvalue weighted by molar-refractivity contribution is 7.13. The number of benzene rings is 1. The number of aromatic nitrogens is 4. The van der Waals surface area contributed by atoms with E-state index >= 15 is 0 Å². The first kappa shape index (κ1) is 16.1. The van der Waals surface area contributed by atoms with Crippen molar-refractivity contribution >= 4 is 23.1 Å². The summed E-state index contributed by atoms with van der Waals surface area (Å²) >= 11 is 1.59. The minimum Gasteiger partial charge on any atom is -0.334 e. The van der Waals surface area contributed by atoms with Gasteiger partial charge in [-0.3, -0.25) is 4.68 Å². The maximum absolute atomic E-state index is 12.1. The van der Waals surface area contributed by atoms with Crippen LogP contribution in [-0.2, 0) is 6.54 Å². The Labute approximate surface area is 143 Å². The van der Waals surface area contributed by atoms with Crippen molar-refractivity contribution in [1.82, 2.24) is 25.1 Å². The van der Waals surface area contributed by atoms with Gasteiger partial charge in [0.25, 0.3) is 0 Å². The third kappa shape index (κ3) is 4.17. The van der Waals surface area contributed by atoms with Crippen LogP contribution < -0.4 is 10.6 Å². The number of carbonyl (C=O) groups excluding carboxylic acids is 1. The van der Waals surface area contributed by atoms with E-state index in [-0.39, 0.29) is 12.1 Å². The standard InChI is InChI=1S/C16H18N6OS/c1-11(7-22-10-17-9-18-22)20-16(23)21-14-5-3-4-13(6-14)15-19-12(2)8-24-15/h3-6,8-11H,7H2,1-2H3,(H2,20,21,23)/t11-/m0/s1. The molecule has 0 spiro atoms. The van der Waals surface area contributed by atoms with Gasteiger partial charge in [-0.1, -0.05) is 12.1 Å². The molecular weight excluding hydrogens is 324 g/mol. The minimum atomic E-state index is -0.255. The van der Waals surface area contributed by atoms with Gasteiger partial charge in [0.05, 0.1) is 6.54 Å². The Kier molecular flexibility index (Phi) is 4.85. The average molecular weight is 342 g/mol. The van der Waals surface area contributed by atoms with E-state index in [1.165, 1.54) is 6.33 Å². The molecule has 0 aliphatic heterocycles. The highest BCUT2D eigenvalue weighted by atomic mass is 32.1. The number of nitrogens with zero attached hydrogens (tertiary/aromatic N) is 4. The number of aryl methyl sites for hydroxylation is 1. The quantitative estimate of drug-likeness (QED) is 0.746. The molecule has 3 rings (SSSR count).